The van der Waals surface area contributed by atoms with Gasteiger partial charge in [-0.05, 0) is 38.0 Å². The maximum Gasteiger partial charge on any atom is 0.251 e. The van der Waals surface area contributed by atoms with Crippen molar-refractivity contribution in [1.82, 2.24) is 14.9 Å². The van der Waals surface area contributed by atoms with Gasteiger partial charge in [0.15, 0.2) is 0 Å². The zero-order valence-corrected chi connectivity index (χ0v) is 17.5. The zero-order chi connectivity index (χ0) is 20.1. The number of carbonyl (C=O) groups is 1. The molecule has 1 amide bonds. The lowest BCUT2D eigenvalue weighted by atomic mass is 9.95. The van der Waals surface area contributed by atoms with Crippen LogP contribution in [0.1, 0.15) is 43.1 Å². The van der Waals surface area contributed by atoms with Crippen LogP contribution >= 0.6 is 0 Å². The van der Waals surface area contributed by atoms with E-state index in [1.165, 1.54) is 12.1 Å². The first-order chi connectivity index (χ1) is 12.7. The predicted molar refractivity (Wildman–Crippen MR) is 105 cm³/mol. The molecule has 27 heavy (non-hydrogen) atoms. The van der Waals surface area contributed by atoms with E-state index in [1.54, 1.807) is 19.9 Å². The largest absolute Gasteiger partial charge is 0.379 e. The molecule has 1 atom stereocenters. The molecule has 1 aromatic carbocycles. The van der Waals surface area contributed by atoms with Gasteiger partial charge in [0.1, 0.15) is 0 Å². The van der Waals surface area contributed by atoms with Crippen molar-refractivity contribution in [1.29, 1.82) is 0 Å². The first kappa shape index (κ1) is 21.8. The highest BCUT2D eigenvalue weighted by Crippen LogP contribution is 2.21. The van der Waals surface area contributed by atoms with Crippen LogP contribution in [-0.4, -0.2) is 64.2 Å². The fraction of sp³-hybridized carbons (Fsp3) is 0.632. The summed E-state index contributed by atoms with van der Waals surface area (Å²) in [6, 6.07) is 4.63. The Morgan fingerprint density at radius 1 is 1.26 bits per heavy atom. The Morgan fingerprint density at radius 2 is 1.93 bits per heavy atom. The van der Waals surface area contributed by atoms with Crippen molar-refractivity contribution in [3.05, 3.63) is 29.3 Å². The number of carbonyl (C=O) groups excluding carboxylic acids is 1. The number of nitrogens with zero attached hydrogens (tertiary/aromatic N) is 1. The van der Waals surface area contributed by atoms with E-state index in [0.29, 0.717) is 31.9 Å². The number of ether oxygens (including phenoxy) is 1. The van der Waals surface area contributed by atoms with E-state index in [1.807, 2.05) is 0 Å². The molecule has 1 saturated heterocycles. The SMILES string of the molecule is CCNS(=O)(=O)c1ccc(C)c(C(=O)NCC(C)(CC)N2CCOCC2)c1. The maximum absolute atomic E-state index is 12.8. The first-order valence-corrected chi connectivity index (χ1v) is 10.9. The summed E-state index contributed by atoms with van der Waals surface area (Å²) >= 11 is 0. The molecule has 0 bridgehead atoms. The van der Waals surface area contributed by atoms with Gasteiger partial charge in [-0.3, -0.25) is 9.69 Å². The molecule has 1 unspecified atom stereocenters. The van der Waals surface area contributed by atoms with Gasteiger partial charge in [0, 0.05) is 37.3 Å². The number of benzene rings is 1. The highest BCUT2D eigenvalue weighted by molar-refractivity contribution is 7.89. The van der Waals surface area contributed by atoms with E-state index in [4.69, 9.17) is 4.74 Å². The summed E-state index contributed by atoms with van der Waals surface area (Å²) in [5.41, 5.74) is 0.961. The predicted octanol–water partition coefficient (Wildman–Crippen LogP) is 1.52. The van der Waals surface area contributed by atoms with Crippen LogP contribution in [0.4, 0.5) is 0 Å². The van der Waals surface area contributed by atoms with Gasteiger partial charge in [-0.2, -0.15) is 0 Å². The van der Waals surface area contributed by atoms with Crippen molar-refractivity contribution >= 4 is 15.9 Å². The molecule has 0 saturated carbocycles. The number of sulfonamides is 1. The Hall–Kier alpha value is -1.48. The molecule has 7 nitrogen and oxygen atoms in total. The molecule has 1 heterocycles. The van der Waals surface area contributed by atoms with Gasteiger partial charge in [-0.25, -0.2) is 13.1 Å². The first-order valence-electron chi connectivity index (χ1n) is 9.45. The van der Waals surface area contributed by atoms with Gasteiger partial charge < -0.3 is 10.1 Å². The molecule has 1 aliphatic heterocycles. The smallest absolute Gasteiger partial charge is 0.251 e. The summed E-state index contributed by atoms with van der Waals surface area (Å²) in [7, 11) is -3.60. The van der Waals surface area contributed by atoms with Crippen molar-refractivity contribution < 1.29 is 17.9 Å². The third kappa shape index (κ3) is 5.28. The minimum absolute atomic E-state index is 0.103. The van der Waals surface area contributed by atoms with Crippen LogP contribution in [0.25, 0.3) is 0 Å². The summed E-state index contributed by atoms with van der Waals surface area (Å²) in [5.74, 6) is -0.256. The van der Waals surface area contributed by atoms with Gasteiger partial charge in [0.2, 0.25) is 10.0 Å². The third-order valence-corrected chi connectivity index (χ3v) is 6.81. The molecular formula is C19H31N3O4S. The Bertz CT molecular complexity index is 760. The topological polar surface area (TPSA) is 87.7 Å². The summed E-state index contributed by atoms with van der Waals surface area (Å²) in [5, 5.41) is 3.00. The van der Waals surface area contributed by atoms with Crippen LogP contribution in [0.15, 0.2) is 23.1 Å². The van der Waals surface area contributed by atoms with E-state index < -0.39 is 10.0 Å². The average Bonchev–Trinajstić information content (AvgIpc) is 2.66. The molecule has 0 aromatic heterocycles. The second-order valence-electron chi connectivity index (χ2n) is 7.11. The quantitative estimate of drug-likeness (QED) is 0.695. The maximum atomic E-state index is 12.8. The lowest BCUT2D eigenvalue weighted by Crippen LogP contribution is -2.56. The molecule has 1 aromatic rings. The van der Waals surface area contributed by atoms with Crippen molar-refractivity contribution in [3.8, 4) is 0 Å². The summed E-state index contributed by atoms with van der Waals surface area (Å²) in [6.07, 6.45) is 0.890. The number of amides is 1. The number of hydrogen-bond acceptors (Lipinski definition) is 5. The molecule has 2 rings (SSSR count). The van der Waals surface area contributed by atoms with Crippen LogP contribution in [-0.2, 0) is 14.8 Å². The minimum atomic E-state index is -3.60. The van der Waals surface area contributed by atoms with Gasteiger partial charge in [-0.15, -0.1) is 0 Å². The highest BCUT2D eigenvalue weighted by Gasteiger charge is 2.32. The molecule has 8 heteroatoms. The molecule has 2 N–H and O–H groups in total. The van der Waals surface area contributed by atoms with Crippen LogP contribution < -0.4 is 10.0 Å². The molecule has 0 radical (unpaired) electrons. The lowest BCUT2D eigenvalue weighted by Gasteiger charge is -2.43. The molecule has 152 valence electrons. The summed E-state index contributed by atoms with van der Waals surface area (Å²) < 4.78 is 32.3. The number of nitrogens with one attached hydrogen (secondary N) is 2. The molecule has 1 fully saturated rings. The van der Waals surface area contributed by atoms with E-state index in [9.17, 15) is 13.2 Å². The van der Waals surface area contributed by atoms with Gasteiger partial charge in [0.25, 0.3) is 5.91 Å². The normalized spacial score (nSPS) is 18.1. The minimum Gasteiger partial charge on any atom is -0.379 e. The molecule has 0 spiro atoms. The third-order valence-electron chi connectivity index (χ3n) is 5.26. The van der Waals surface area contributed by atoms with E-state index >= 15 is 0 Å². The molecule has 1 aliphatic rings. The molecular weight excluding hydrogens is 366 g/mol. The molecule has 0 aliphatic carbocycles. The fourth-order valence-electron chi connectivity index (χ4n) is 3.22. The van der Waals surface area contributed by atoms with E-state index in [0.717, 1.165) is 25.1 Å². The average molecular weight is 398 g/mol. The Labute approximate surface area is 162 Å². The number of hydrogen-bond donors (Lipinski definition) is 2. The van der Waals surface area contributed by atoms with Gasteiger partial charge >= 0.3 is 0 Å². The summed E-state index contributed by atoms with van der Waals surface area (Å²) in [4.78, 5) is 15.2. The van der Waals surface area contributed by atoms with Crippen molar-refractivity contribution in [3.63, 3.8) is 0 Å². The second-order valence-corrected chi connectivity index (χ2v) is 8.88. The number of aryl methyl sites for hydroxylation is 1. The van der Waals surface area contributed by atoms with E-state index in [2.05, 4.69) is 28.8 Å². The van der Waals surface area contributed by atoms with Crippen molar-refractivity contribution in [2.24, 2.45) is 0 Å². The number of morpholine rings is 1. The van der Waals surface area contributed by atoms with Crippen molar-refractivity contribution in [2.45, 2.75) is 44.6 Å². The van der Waals surface area contributed by atoms with Gasteiger partial charge in [0.05, 0.1) is 18.1 Å². The summed E-state index contributed by atoms with van der Waals surface area (Å²) in [6.45, 7) is 11.6. The Morgan fingerprint density at radius 3 is 2.52 bits per heavy atom. The number of rotatable bonds is 8. The van der Waals surface area contributed by atoms with Crippen molar-refractivity contribution in [2.75, 3.05) is 39.4 Å². The lowest BCUT2D eigenvalue weighted by molar-refractivity contribution is -0.0169. The van der Waals surface area contributed by atoms with E-state index in [-0.39, 0.29) is 16.3 Å². The van der Waals surface area contributed by atoms with Crippen LogP contribution in [0.5, 0.6) is 0 Å². The van der Waals surface area contributed by atoms with Gasteiger partial charge in [-0.1, -0.05) is 19.9 Å². The monoisotopic (exact) mass is 397 g/mol. The van der Waals surface area contributed by atoms with Crippen LogP contribution in [0, 0.1) is 6.92 Å². The zero-order valence-electron chi connectivity index (χ0n) is 16.7. The standard InChI is InChI=1S/C19H31N3O4S/c1-5-19(4,22-9-11-26-12-10-22)14-20-18(23)17-13-16(8-7-15(17)3)27(24,25)21-6-2/h7-8,13,21H,5-6,9-12,14H2,1-4H3,(H,20,23). The highest BCUT2D eigenvalue weighted by atomic mass is 32.2. The fourth-order valence-corrected chi connectivity index (χ4v) is 4.28. The van der Waals surface area contributed by atoms with Crippen LogP contribution in [0.2, 0.25) is 0 Å². The second kappa shape index (κ2) is 9.14. The Balaban J connectivity index is 2.15. The van der Waals surface area contributed by atoms with Crippen LogP contribution in [0.3, 0.4) is 0 Å². The Kier molecular flexibility index (Phi) is 7.39.